The van der Waals surface area contributed by atoms with Gasteiger partial charge in [-0.05, 0) is 32.6 Å². The molecule has 18 heavy (non-hydrogen) atoms. The average Bonchev–Trinajstić information content (AvgIpc) is 3.05. The first-order valence-corrected chi connectivity index (χ1v) is 6.94. The van der Waals surface area contributed by atoms with Crippen molar-refractivity contribution in [3.63, 3.8) is 0 Å². The van der Waals surface area contributed by atoms with E-state index in [0.29, 0.717) is 22.2 Å². The summed E-state index contributed by atoms with van der Waals surface area (Å²) in [5.74, 6) is 1.26. The zero-order chi connectivity index (χ0) is 13.5. The van der Waals surface area contributed by atoms with Gasteiger partial charge in [0.05, 0.1) is 17.7 Å². The van der Waals surface area contributed by atoms with Crippen LogP contribution in [0.5, 0.6) is 5.75 Å². The van der Waals surface area contributed by atoms with Gasteiger partial charge < -0.3 is 15.8 Å². The molecule has 0 unspecified atom stereocenters. The molecule has 0 spiro atoms. The number of nitrogens with one attached hydrogen (secondary N) is 1. The molecule has 1 fully saturated rings. The Hall–Kier alpha value is -1.23. The van der Waals surface area contributed by atoms with Crippen molar-refractivity contribution in [3.8, 4) is 5.75 Å². The van der Waals surface area contributed by atoms with Crippen LogP contribution in [-0.4, -0.2) is 18.4 Å². The monoisotopic (exact) mass is 268 g/mol. The molecule has 1 saturated carbocycles. The predicted octanol–water partition coefficient (Wildman–Crippen LogP) is 3.14. The summed E-state index contributed by atoms with van der Waals surface area (Å²) in [4.78, 5) is 12.1. The van der Waals surface area contributed by atoms with E-state index < -0.39 is 0 Å². The highest BCUT2D eigenvalue weighted by Crippen LogP contribution is 2.47. The van der Waals surface area contributed by atoms with Gasteiger partial charge in [-0.25, -0.2) is 0 Å². The molecule has 0 amide bonds. The van der Waals surface area contributed by atoms with Crippen LogP contribution in [0.4, 0.5) is 10.7 Å². The number of ketones is 1. The fraction of sp³-hybridized carbons (Fsp3) is 0.615. The maximum absolute atomic E-state index is 11.5. The van der Waals surface area contributed by atoms with Gasteiger partial charge in [-0.2, -0.15) is 0 Å². The molecule has 100 valence electrons. The van der Waals surface area contributed by atoms with E-state index in [-0.39, 0.29) is 11.3 Å². The van der Waals surface area contributed by atoms with Crippen LogP contribution in [0.15, 0.2) is 0 Å². The summed E-state index contributed by atoms with van der Waals surface area (Å²) in [5, 5.41) is 4.34. The van der Waals surface area contributed by atoms with E-state index in [1.54, 1.807) is 7.11 Å². The lowest BCUT2D eigenvalue weighted by molar-refractivity contribution is 0.102. The van der Waals surface area contributed by atoms with Crippen molar-refractivity contribution < 1.29 is 9.53 Å². The van der Waals surface area contributed by atoms with E-state index in [0.717, 1.165) is 5.00 Å². The highest BCUT2D eigenvalue weighted by Gasteiger charge is 2.38. The van der Waals surface area contributed by atoms with Crippen LogP contribution in [0.25, 0.3) is 0 Å². The summed E-state index contributed by atoms with van der Waals surface area (Å²) < 4.78 is 5.32. The quantitative estimate of drug-likeness (QED) is 0.805. The van der Waals surface area contributed by atoms with Crippen molar-refractivity contribution in [1.29, 1.82) is 0 Å². The molecule has 5 heteroatoms. The second kappa shape index (κ2) is 4.46. The molecule has 0 bridgehead atoms. The number of anilines is 2. The Bertz CT molecular complexity index is 476. The van der Waals surface area contributed by atoms with Gasteiger partial charge >= 0.3 is 0 Å². The molecule has 0 aromatic carbocycles. The summed E-state index contributed by atoms with van der Waals surface area (Å²) in [7, 11) is 1.58. The first kappa shape index (κ1) is 13.2. The van der Waals surface area contributed by atoms with Crippen LogP contribution in [0.3, 0.4) is 0 Å². The Kier molecular flexibility index (Phi) is 3.27. The standard InChI is InChI=1S/C13H20N2O2S/c1-7(16)11-9(14)10(17-4)12(18-11)15-13(2,3)8-5-6-8/h8,15H,5-6,14H2,1-4H3. The van der Waals surface area contributed by atoms with E-state index >= 15 is 0 Å². The first-order valence-electron chi connectivity index (χ1n) is 6.12. The maximum atomic E-state index is 11.5. The van der Waals surface area contributed by atoms with Gasteiger partial charge in [-0.3, -0.25) is 4.79 Å². The van der Waals surface area contributed by atoms with Crippen molar-refractivity contribution in [3.05, 3.63) is 4.88 Å². The third-order valence-corrected chi connectivity index (χ3v) is 4.66. The molecule has 1 heterocycles. The number of methoxy groups -OCH3 is 1. The van der Waals surface area contributed by atoms with Crippen LogP contribution in [-0.2, 0) is 0 Å². The fourth-order valence-corrected chi connectivity index (χ4v) is 3.33. The molecule has 1 aromatic heterocycles. The zero-order valence-electron chi connectivity index (χ0n) is 11.3. The number of thiophene rings is 1. The number of Topliss-reactive ketones (excluding diaryl/α,β-unsaturated/α-hetero) is 1. The SMILES string of the molecule is COc1c(NC(C)(C)C2CC2)sc(C(C)=O)c1N. The first-order chi connectivity index (χ1) is 8.36. The van der Waals surface area contributed by atoms with Gasteiger partial charge in [0, 0.05) is 12.5 Å². The Morgan fingerprint density at radius 2 is 2.11 bits per heavy atom. The molecule has 1 aliphatic rings. The summed E-state index contributed by atoms with van der Waals surface area (Å²) in [6.07, 6.45) is 2.51. The van der Waals surface area contributed by atoms with Crippen LogP contribution in [0.1, 0.15) is 43.3 Å². The number of nitrogens with two attached hydrogens (primary N) is 1. The maximum Gasteiger partial charge on any atom is 0.176 e. The number of ether oxygens (including phenoxy) is 1. The lowest BCUT2D eigenvalue weighted by Crippen LogP contribution is -2.32. The van der Waals surface area contributed by atoms with Crippen LogP contribution >= 0.6 is 11.3 Å². The summed E-state index contributed by atoms with van der Waals surface area (Å²) >= 11 is 1.38. The summed E-state index contributed by atoms with van der Waals surface area (Å²) in [5.41, 5.74) is 6.41. The average molecular weight is 268 g/mol. The third-order valence-electron chi connectivity index (χ3n) is 3.46. The Balaban J connectivity index is 2.32. The lowest BCUT2D eigenvalue weighted by atomic mass is 9.99. The van der Waals surface area contributed by atoms with Crippen LogP contribution in [0.2, 0.25) is 0 Å². The van der Waals surface area contributed by atoms with Crippen LogP contribution < -0.4 is 15.8 Å². The molecule has 1 aromatic rings. The second-order valence-corrected chi connectivity index (χ2v) is 6.41. The minimum Gasteiger partial charge on any atom is -0.492 e. The molecule has 2 rings (SSSR count). The van der Waals surface area contributed by atoms with Gasteiger partial charge in [-0.15, -0.1) is 11.3 Å². The highest BCUT2D eigenvalue weighted by molar-refractivity contribution is 7.19. The Morgan fingerprint density at radius 3 is 2.56 bits per heavy atom. The molecular formula is C13H20N2O2S. The van der Waals surface area contributed by atoms with Gasteiger partial charge in [0.15, 0.2) is 11.5 Å². The van der Waals surface area contributed by atoms with E-state index in [1.807, 2.05) is 0 Å². The van der Waals surface area contributed by atoms with Gasteiger partial charge in [-0.1, -0.05) is 0 Å². The van der Waals surface area contributed by atoms with E-state index in [4.69, 9.17) is 10.5 Å². The minimum absolute atomic E-state index is 0.0125. The number of carbonyl (C=O) groups is 1. The van der Waals surface area contributed by atoms with Crippen molar-refractivity contribution in [2.24, 2.45) is 5.92 Å². The smallest absolute Gasteiger partial charge is 0.176 e. The topological polar surface area (TPSA) is 64.3 Å². The third kappa shape index (κ3) is 2.32. The van der Waals surface area contributed by atoms with E-state index in [2.05, 4.69) is 19.2 Å². The predicted molar refractivity (Wildman–Crippen MR) is 75.7 cm³/mol. The second-order valence-electron chi connectivity index (χ2n) is 5.38. The minimum atomic E-state index is -0.0203. The Labute approximate surface area is 112 Å². The van der Waals surface area contributed by atoms with Gasteiger partial charge in [0.2, 0.25) is 0 Å². The fourth-order valence-electron chi connectivity index (χ4n) is 2.17. The largest absolute Gasteiger partial charge is 0.492 e. The lowest BCUT2D eigenvalue weighted by Gasteiger charge is -2.27. The van der Waals surface area contributed by atoms with Crippen molar-refractivity contribution in [2.75, 3.05) is 18.2 Å². The molecule has 1 aliphatic carbocycles. The van der Waals surface area contributed by atoms with Crippen LogP contribution in [0, 0.1) is 5.92 Å². The van der Waals surface area contributed by atoms with E-state index in [9.17, 15) is 4.79 Å². The summed E-state index contributed by atoms with van der Waals surface area (Å²) in [6.45, 7) is 5.87. The zero-order valence-corrected chi connectivity index (χ0v) is 12.1. The Morgan fingerprint density at radius 1 is 1.50 bits per heavy atom. The van der Waals surface area contributed by atoms with Gasteiger partial charge in [0.1, 0.15) is 5.00 Å². The molecule has 0 aliphatic heterocycles. The molecule has 4 nitrogen and oxygen atoms in total. The van der Waals surface area contributed by atoms with Crippen molar-refractivity contribution in [2.45, 2.75) is 39.2 Å². The molecular weight excluding hydrogens is 248 g/mol. The molecule has 0 saturated heterocycles. The van der Waals surface area contributed by atoms with Crippen molar-refractivity contribution >= 4 is 27.8 Å². The number of hydrogen-bond donors (Lipinski definition) is 2. The highest BCUT2D eigenvalue weighted by atomic mass is 32.1. The molecule has 0 atom stereocenters. The van der Waals surface area contributed by atoms with E-state index in [1.165, 1.54) is 31.1 Å². The summed E-state index contributed by atoms with van der Waals surface area (Å²) in [6, 6.07) is 0. The van der Waals surface area contributed by atoms with Gasteiger partial charge in [0.25, 0.3) is 0 Å². The molecule has 3 N–H and O–H groups in total. The normalized spacial score (nSPS) is 15.6. The number of nitrogen functional groups attached to an aromatic ring is 1. The number of hydrogen-bond acceptors (Lipinski definition) is 5. The number of carbonyl (C=O) groups excluding carboxylic acids is 1. The van der Waals surface area contributed by atoms with Crippen molar-refractivity contribution in [1.82, 2.24) is 0 Å². The number of rotatable bonds is 5. The molecule has 0 radical (unpaired) electrons.